The third-order valence-corrected chi connectivity index (χ3v) is 6.78. The Morgan fingerprint density at radius 1 is 0.875 bits per heavy atom. The van der Waals surface area contributed by atoms with E-state index in [1.807, 2.05) is 19.5 Å². The zero-order chi connectivity index (χ0) is 20.4. The number of imidazole rings is 2. The molecule has 2 N–H and O–H groups in total. The topological polar surface area (TPSA) is 57.4 Å². The minimum absolute atomic E-state index is 0. The van der Waals surface area contributed by atoms with Crippen LogP contribution in [0.4, 0.5) is 0 Å². The first-order chi connectivity index (χ1) is 14.0. The van der Waals surface area contributed by atoms with Crippen molar-refractivity contribution >= 4 is 0 Å². The molecule has 1 fully saturated rings. The van der Waals surface area contributed by atoms with E-state index in [0.29, 0.717) is 23.7 Å². The molecular weight excluding hydrogens is 469 g/mol. The van der Waals surface area contributed by atoms with Crippen LogP contribution >= 0.6 is 0 Å². The number of rotatable bonds is 6. The van der Waals surface area contributed by atoms with Gasteiger partial charge in [0.15, 0.2) is 0 Å². The Morgan fingerprint density at radius 3 is 2.06 bits per heavy atom. The number of aromatic amines is 2. The smallest absolute Gasteiger partial charge is 0.368 e. The molecule has 1 aliphatic rings. The summed E-state index contributed by atoms with van der Waals surface area (Å²) < 4.78 is 0. The molecule has 3 aromatic rings. The third kappa shape index (κ3) is 6.35. The zero-order valence-electron chi connectivity index (χ0n) is 20.7. The van der Waals surface area contributed by atoms with Gasteiger partial charge in [-0.15, -0.1) is 0 Å². The van der Waals surface area contributed by atoms with Crippen molar-refractivity contribution in [3.8, 4) is 11.3 Å². The van der Waals surface area contributed by atoms with Gasteiger partial charge in [0.25, 0.3) is 0 Å². The van der Waals surface area contributed by atoms with Crippen molar-refractivity contribution in [2.75, 3.05) is 0 Å². The van der Waals surface area contributed by atoms with Gasteiger partial charge in [0.05, 0.1) is 5.69 Å². The predicted octanol–water partition coefficient (Wildman–Crippen LogP) is 7.47. The van der Waals surface area contributed by atoms with E-state index < -0.39 is 0 Å². The number of benzene rings is 1. The van der Waals surface area contributed by atoms with Crippen LogP contribution < -0.4 is 0 Å². The fourth-order valence-electron chi connectivity index (χ4n) is 4.41. The zero-order valence-corrected chi connectivity index (χ0v) is 23.5. The van der Waals surface area contributed by atoms with Gasteiger partial charge in [-0.3, -0.25) is 4.98 Å². The number of hydrogen-bond acceptors (Lipinski definition) is 2. The van der Waals surface area contributed by atoms with Crippen LogP contribution in [0.25, 0.3) is 11.3 Å². The van der Waals surface area contributed by atoms with Gasteiger partial charge < -0.3 is 31.2 Å². The fourth-order valence-corrected chi connectivity index (χ4v) is 4.41. The molecule has 2 heterocycles. The average molecular weight is 509 g/mol. The van der Waals surface area contributed by atoms with E-state index in [1.165, 1.54) is 42.5 Å². The second kappa shape index (κ2) is 12.7. The maximum Gasteiger partial charge on any atom is 3.00 e. The molecule has 1 aliphatic carbocycles. The van der Waals surface area contributed by atoms with E-state index in [-0.39, 0.29) is 47.6 Å². The van der Waals surface area contributed by atoms with Crippen molar-refractivity contribution in [1.82, 2.24) is 19.9 Å². The second-order valence-corrected chi connectivity index (χ2v) is 8.90. The maximum absolute atomic E-state index is 4.67. The Balaban J connectivity index is 0.00000171. The van der Waals surface area contributed by atoms with Crippen molar-refractivity contribution < 1.29 is 32.7 Å². The van der Waals surface area contributed by atoms with Crippen LogP contribution in [0.1, 0.15) is 94.0 Å². The SMILES string of the molecule is C[CH-]c1ncc(-c2ccc(C3CCC(c4cnc(C(C)C(C)C)[nH]4)CC3)cc2)[nH]1.[CH3-].[CH3-].[Y+3]. The van der Waals surface area contributed by atoms with Crippen LogP contribution in [-0.4, -0.2) is 19.9 Å². The van der Waals surface area contributed by atoms with E-state index in [9.17, 15) is 0 Å². The molecule has 32 heavy (non-hydrogen) atoms. The second-order valence-electron chi connectivity index (χ2n) is 8.90. The Bertz CT molecular complexity index is 917. The van der Waals surface area contributed by atoms with E-state index in [2.05, 4.69) is 71.2 Å². The van der Waals surface area contributed by atoms with Crippen LogP contribution in [-0.2, 0) is 32.7 Å². The molecule has 0 bridgehead atoms. The summed E-state index contributed by atoms with van der Waals surface area (Å²) in [5, 5.41) is 0. The molecule has 4 nitrogen and oxygen atoms in total. The van der Waals surface area contributed by atoms with Gasteiger partial charge in [0.1, 0.15) is 5.82 Å². The Morgan fingerprint density at radius 2 is 1.50 bits per heavy atom. The molecule has 0 saturated heterocycles. The van der Waals surface area contributed by atoms with Gasteiger partial charge >= 0.3 is 32.7 Å². The quantitative estimate of drug-likeness (QED) is 0.339. The minimum Gasteiger partial charge on any atom is -0.368 e. The van der Waals surface area contributed by atoms with Crippen LogP contribution in [0.15, 0.2) is 36.7 Å². The molecule has 1 aromatic carbocycles. The van der Waals surface area contributed by atoms with Crippen molar-refractivity contribution in [3.63, 3.8) is 0 Å². The summed E-state index contributed by atoms with van der Waals surface area (Å²) in [4.78, 5) is 16.0. The molecule has 1 atom stereocenters. The Labute approximate surface area is 220 Å². The number of aromatic nitrogens is 4. The van der Waals surface area contributed by atoms with Crippen molar-refractivity contribution in [3.05, 3.63) is 80.8 Å². The van der Waals surface area contributed by atoms with Gasteiger partial charge in [-0.05, 0) is 54.5 Å². The molecule has 0 radical (unpaired) electrons. The van der Waals surface area contributed by atoms with Gasteiger partial charge in [-0.2, -0.15) is 6.92 Å². The normalized spacial score (nSPS) is 18.8. The molecule has 1 saturated carbocycles. The fraction of sp³-hybridized carbons (Fsp3) is 0.444. The number of H-pyrrole nitrogens is 2. The first-order valence-corrected chi connectivity index (χ1v) is 11.0. The monoisotopic (exact) mass is 508 g/mol. The maximum atomic E-state index is 4.67. The van der Waals surface area contributed by atoms with Crippen LogP contribution in [0.5, 0.6) is 0 Å². The standard InChI is InChI=1S/C25H33N4.2CH3.Y/c1-5-24-26-14-22(28-24)20-10-6-18(7-11-20)19-8-12-21(13-9-19)23-15-27-25(29-23)17(4)16(2)3;;;/h5-7,10-11,14-17,19,21H,8-9,12-13H2,1-4H3,(H,26,28)(H,27,29);2*1H3;/q3*-1;+3. The molecule has 4 rings (SSSR count). The van der Waals surface area contributed by atoms with Crippen LogP contribution in [0, 0.1) is 27.2 Å². The summed E-state index contributed by atoms with van der Waals surface area (Å²) in [6.07, 6.45) is 11.0. The third-order valence-electron chi connectivity index (χ3n) is 6.78. The largest absolute Gasteiger partial charge is 3.00 e. The molecule has 1 unspecified atom stereocenters. The van der Waals surface area contributed by atoms with Gasteiger partial charge in [-0.25, -0.2) is 4.98 Å². The van der Waals surface area contributed by atoms with Gasteiger partial charge in [0, 0.05) is 29.9 Å². The first-order valence-electron chi connectivity index (χ1n) is 11.0. The number of nitrogens with one attached hydrogen (secondary N) is 2. The van der Waals surface area contributed by atoms with Crippen molar-refractivity contribution in [2.24, 2.45) is 5.92 Å². The Hall–Kier alpha value is -1.39. The van der Waals surface area contributed by atoms with Crippen molar-refractivity contribution in [1.29, 1.82) is 0 Å². The van der Waals surface area contributed by atoms with Crippen LogP contribution in [0.2, 0.25) is 0 Å². The van der Waals surface area contributed by atoms with Gasteiger partial charge in [-0.1, -0.05) is 45.0 Å². The first kappa shape index (κ1) is 28.6. The summed E-state index contributed by atoms with van der Waals surface area (Å²) in [7, 11) is 0. The van der Waals surface area contributed by atoms with E-state index in [1.54, 1.807) is 0 Å². The molecule has 0 amide bonds. The summed E-state index contributed by atoms with van der Waals surface area (Å²) in [5.74, 6) is 4.46. The van der Waals surface area contributed by atoms with Gasteiger partial charge in [0.2, 0.25) is 0 Å². The summed E-state index contributed by atoms with van der Waals surface area (Å²) in [5.41, 5.74) is 5.09. The number of hydrogen-bond donors (Lipinski definition) is 2. The number of nitrogens with zero attached hydrogens (tertiary/aromatic N) is 2. The van der Waals surface area contributed by atoms with E-state index >= 15 is 0 Å². The average Bonchev–Trinajstić information content (AvgIpc) is 3.43. The van der Waals surface area contributed by atoms with E-state index in [4.69, 9.17) is 0 Å². The molecular formula is C27H39N4Y. The summed E-state index contributed by atoms with van der Waals surface area (Å²) in [6.45, 7) is 8.78. The van der Waals surface area contributed by atoms with E-state index in [0.717, 1.165) is 17.3 Å². The predicted molar refractivity (Wildman–Crippen MR) is 132 cm³/mol. The van der Waals surface area contributed by atoms with Crippen LogP contribution in [0.3, 0.4) is 0 Å². The van der Waals surface area contributed by atoms with Crippen molar-refractivity contribution in [2.45, 2.75) is 71.1 Å². The minimum atomic E-state index is 0. The molecule has 0 spiro atoms. The Kier molecular flexibility index (Phi) is 11.4. The molecule has 0 aliphatic heterocycles. The molecule has 2 aromatic heterocycles. The summed E-state index contributed by atoms with van der Waals surface area (Å²) >= 11 is 0. The molecule has 170 valence electrons. The summed E-state index contributed by atoms with van der Waals surface area (Å²) in [6, 6.07) is 9.05. The molecule has 5 heteroatoms.